The highest BCUT2D eigenvalue weighted by atomic mass is 15.2. The Morgan fingerprint density at radius 3 is 1.19 bits per heavy atom. The van der Waals surface area contributed by atoms with Crippen LogP contribution in [0.2, 0.25) is 0 Å². The summed E-state index contributed by atoms with van der Waals surface area (Å²) < 4.78 is 31.9. The van der Waals surface area contributed by atoms with Crippen molar-refractivity contribution in [3.05, 3.63) is 126 Å². The number of aromatic nitrogens is 14. The van der Waals surface area contributed by atoms with Crippen LogP contribution < -0.4 is 32.0 Å². The summed E-state index contributed by atoms with van der Waals surface area (Å²) in [6, 6.07) is 0. The molecule has 0 N–H and O–H groups in total. The standard InChI is InChI=1S/2C12H23N2.2C11H21N2.3C10H19N2.7CH4/c1-6-7-8-14-10-13(5)9-11(14)12(2,3)4;1-4-6-8-12-10-13(3)11-14(12)9-7-5-2;1-6-7-8-13-10(3)9(2)12(5)11(13)4;1-5-6-7-13-9-12(4)8-11(13)10(2)3;1-5-6-7-12-8-9(2)11(4)10(12)3;1-5-6-7-12-9(2)8-11(4)10(12)3;1-4-6-7-12-9-11(3)8-10(12)5-2;;;;;;;/h9-10H,6-8H2,1-5H3;10-11H,4-9H2,1-3H3;6-8H2,1-5H3;8-10H,5-7H2,1-4H3;2*8H,5-7H2,1-4H3;8-9H,4-7H2,1-3H3;7*1H4/q7*+1;;;;;;;. The van der Waals surface area contributed by atoms with E-state index < -0.39 is 0 Å². The van der Waals surface area contributed by atoms with Crippen molar-refractivity contribution in [1.82, 2.24) is 32.0 Å². The summed E-state index contributed by atoms with van der Waals surface area (Å²) >= 11 is 0. The molecule has 0 saturated heterocycles. The molecular weight excluding hydrogens is 1190 g/mol. The molecule has 0 spiro atoms. The largest absolute Gasteiger partial charge is 0.253 e. The third-order valence-electron chi connectivity index (χ3n) is 17.6. The highest BCUT2D eigenvalue weighted by molar-refractivity contribution is 5.08. The average molecular weight is 1370 g/mol. The molecule has 14 heteroatoms. The molecule has 97 heavy (non-hydrogen) atoms. The quantitative estimate of drug-likeness (QED) is 0.0485. The Morgan fingerprint density at radius 2 is 0.794 bits per heavy atom. The molecule has 0 atom stereocenters. The summed E-state index contributed by atoms with van der Waals surface area (Å²) in [5, 5.41) is 0. The summed E-state index contributed by atoms with van der Waals surface area (Å²) in [5.74, 6) is 4.68. The molecule has 0 aromatic carbocycles. The van der Waals surface area contributed by atoms with Gasteiger partial charge in [0, 0.05) is 72.6 Å². The van der Waals surface area contributed by atoms with Crippen LogP contribution in [0.5, 0.6) is 0 Å². The summed E-state index contributed by atoms with van der Waals surface area (Å²) in [6.45, 7) is 54.8. The van der Waals surface area contributed by atoms with Crippen molar-refractivity contribution in [2.75, 3.05) is 0 Å². The average Bonchev–Trinajstić information content (AvgIpc) is 1.70. The van der Waals surface area contributed by atoms with E-state index in [0.717, 1.165) is 39.1 Å². The zero-order chi connectivity index (χ0) is 68.3. The fourth-order valence-corrected chi connectivity index (χ4v) is 11.2. The minimum atomic E-state index is 0. The van der Waals surface area contributed by atoms with Crippen LogP contribution in [0, 0.1) is 48.5 Å². The number of nitrogens with zero attached hydrogens (tertiary/aromatic N) is 14. The molecule has 0 radical (unpaired) electrons. The Balaban J connectivity index is -0.000000193. The van der Waals surface area contributed by atoms with Gasteiger partial charge in [0.1, 0.15) is 82.7 Å². The highest BCUT2D eigenvalue weighted by Gasteiger charge is 2.25. The molecule has 14 nitrogen and oxygen atoms in total. The van der Waals surface area contributed by atoms with E-state index >= 15 is 0 Å². The van der Waals surface area contributed by atoms with E-state index in [2.05, 4.69) is 321 Å². The summed E-state index contributed by atoms with van der Waals surface area (Å²) in [6.07, 6.45) is 44.8. The van der Waals surface area contributed by atoms with Crippen LogP contribution >= 0.6 is 0 Å². The van der Waals surface area contributed by atoms with Gasteiger partial charge in [0.05, 0.1) is 95.1 Å². The van der Waals surface area contributed by atoms with Crippen molar-refractivity contribution >= 4 is 0 Å². The molecule has 0 bridgehead atoms. The zero-order valence-electron chi connectivity index (χ0n) is 64.3. The van der Waals surface area contributed by atoms with Gasteiger partial charge in [0.15, 0.2) is 0 Å². The van der Waals surface area contributed by atoms with E-state index in [0.29, 0.717) is 5.92 Å². The van der Waals surface area contributed by atoms with Crippen molar-refractivity contribution < 1.29 is 32.0 Å². The predicted octanol–water partition coefficient (Wildman–Crippen LogP) is 18.7. The number of aryl methyl sites for hydroxylation is 14. The van der Waals surface area contributed by atoms with Gasteiger partial charge in [0.2, 0.25) is 25.3 Å². The first-order valence-corrected chi connectivity index (χ1v) is 35.8. The lowest BCUT2D eigenvalue weighted by molar-refractivity contribution is -0.702. The molecule has 0 saturated carbocycles. The lowest BCUT2D eigenvalue weighted by Crippen LogP contribution is -2.35. The molecule has 0 aliphatic heterocycles. The van der Waals surface area contributed by atoms with Crippen molar-refractivity contribution in [3.8, 4) is 0 Å². The first-order valence-electron chi connectivity index (χ1n) is 35.8. The molecule has 0 aliphatic carbocycles. The molecular formula is C83H173N14+7. The maximum atomic E-state index is 2.42. The molecule has 568 valence electrons. The minimum absolute atomic E-state index is 0. The van der Waals surface area contributed by atoms with E-state index in [1.165, 1.54) is 185 Å². The lowest BCUT2D eigenvalue weighted by Gasteiger charge is -2.15. The van der Waals surface area contributed by atoms with Crippen LogP contribution in [0.25, 0.3) is 0 Å². The number of imidazole rings is 7. The van der Waals surface area contributed by atoms with Gasteiger partial charge in [-0.3, -0.25) is 0 Å². The highest BCUT2D eigenvalue weighted by Crippen LogP contribution is 2.21. The molecule has 7 rings (SSSR count). The molecule has 0 amide bonds. The summed E-state index contributed by atoms with van der Waals surface area (Å²) in [5.41, 5.74) is 11.5. The Morgan fingerprint density at radius 1 is 0.402 bits per heavy atom. The second-order valence-corrected chi connectivity index (χ2v) is 27.1. The van der Waals surface area contributed by atoms with Gasteiger partial charge >= 0.3 is 0 Å². The topological polar surface area (TPSA) is 61.7 Å². The Hall–Kier alpha value is -5.53. The van der Waals surface area contributed by atoms with Crippen molar-refractivity contribution in [1.29, 1.82) is 0 Å². The van der Waals surface area contributed by atoms with Gasteiger partial charge in [0.25, 0.3) is 17.5 Å². The second-order valence-electron chi connectivity index (χ2n) is 27.1. The molecule has 7 heterocycles. The Labute approximate surface area is 605 Å². The van der Waals surface area contributed by atoms with Crippen LogP contribution in [-0.4, -0.2) is 32.0 Å². The number of rotatable bonds is 26. The number of unbranched alkanes of at least 4 members (excludes halogenated alkanes) is 8. The number of hydrogen-bond acceptors (Lipinski definition) is 0. The maximum absolute atomic E-state index is 2.42. The van der Waals surface area contributed by atoms with Gasteiger partial charge in [-0.2, -0.15) is 0 Å². The fraction of sp³-hybridized carbons (Fsp3) is 0.747. The van der Waals surface area contributed by atoms with Crippen LogP contribution in [0.1, 0.15) is 321 Å². The first-order chi connectivity index (χ1) is 42.6. The van der Waals surface area contributed by atoms with E-state index in [-0.39, 0.29) is 57.4 Å². The monoisotopic (exact) mass is 1370 g/mol. The van der Waals surface area contributed by atoms with Crippen LogP contribution in [0.4, 0.5) is 0 Å². The van der Waals surface area contributed by atoms with E-state index in [1.807, 2.05) is 0 Å². The van der Waals surface area contributed by atoms with Gasteiger partial charge < -0.3 is 0 Å². The number of hydrogen-bond donors (Lipinski definition) is 0. The van der Waals surface area contributed by atoms with Gasteiger partial charge in [-0.05, 0) is 51.4 Å². The van der Waals surface area contributed by atoms with Gasteiger partial charge in [-0.1, -0.05) is 200 Å². The van der Waals surface area contributed by atoms with Crippen LogP contribution in [-0.2, 0) is 113 Å². The Kier molecular flexibility index (Phi) is 60.8. The van der Waals surface area contributed by atoms with Crippen LogP contribution in [0.3, 0.4) is 0 Å². The van der Waals surface area contributed by atoms with E-state index in [1.54, 1.807) is 0 Å². The molecule has 0 fully saturated rings. The SMILES string of the molecule is C.C.C.C.C.C.C.CCCC[n+]1cc(C)n(C)c1C.CCCCc1c[n+](C)cn1CCCC.CCCCn1c(C)c(C)[n+](C)c1C.CCCCn1c(C)c[n+](C)c1C.CCCCn1c[n+](C)cc1C(C)(C)C.CCCCn1c[n+](C)cc1C(C)C.CCCCn1c[n+](C)cc1CC. The van der Waals surface area contributed by atoms with Crippen molar-refractivity contribution in [2.45, 2.75) is 370 Å². The smallest absolute Gasteiger partial charge is 0.239 e. The summed E-state index contributed by atoms with van der Waals surface area (Å²) in [7, 11) is 14.7. The lowest BCUT2D eigenvalue weighted by atomic mass is 9.92. The molecule has 0 unspecified atom stereocenters. The third kappa shape index (κ3) is 36.9. The zero-order valence-corrected chi connectivity index (χ0v) is 64.3. The van der Waals surface area contributed by atoms with Gasteiger partial charge in [-0.15, -0.1) is 0 Å². The minimum Gasteiger partial charge on any atom is -0.239 e. The molecule has 7 aromatic rings. The van der Waals surface area contributed by atoms with Crippen LogP contribution in [0.15, 0.2) is 62.5 Å². The maximum Gasteiger partial charge on any atom is 0.253 e. The second kappa shape index (κ2) is 56.2. The van der Waals surface area contributed by atoms with Gasteiger partial charge in [-0.25, -0.2) is 63.9 Å². The Bertz CT molecular complexity index is 2950. The fourth-order valence-electron chi connectivity index (χ4n) is 11.2. The van der Waals surface area contributed by atoms with E-state index in [9.17, 15) is 0 Å². The first kappa shape index (κ1) is 105. The molecule has 7 aromatic heterocycles. The van der Waals surface area contributed by atoms with Crippen molar-refractivity contribution in [3.63, 3.8) is 0 Å². The normalized spacial score (nSPS) is 10.2. The van der Waals surface area contributed by atoms with Crippen molar-refractivity contribution in [2.24, 2.45) is 49.3 Å². The van der Waals surface area contributed by atoms with E-state index in [4.69, 9.17) is 0 Å². The third-order valence-corrected chi connectivity index (χ3v) is 17.6. The predicted molar refractivity (Wildman–Crippen MR) is 425 cm³/mol. The summed E-state index contributed by atoms with van der Waals surface area (Å²) in [4.78, 5) is 0. The molecule has 0 aliphatic rings.